The minimum Gasteiger partial charge on any atom is -0.485 e. The van der Waals surface area contributed by atoms with Crippen LogP contribution in [0, 0.1) is 12.8 Å². The van der Waals surface area contributed by atoms with Gasteiger partial charge in [0.05, 0.1) is 0 Å². The summed E-state index contributed by atoms with van der Waals surface area (Å²) in [4.78, 5) is 4.11. The van der Waals surface area contributed by atoms with Crippen molar-refractivity contribution >= 4 is 11.6 Å². The highest BCUT2D eigenvalue weighted by Gasteiger charge is 2.08. The normalized spacial score (nSPS) is 11.1. The Balaban J connectivity index is 2.00. The standard InChI is InChI=1S/C15H20ClN3O2/c1-10(2)7-17-8-12-6-13(16)4-5-14(12)20-9-15-18-11(3)21-19-15/h4-6,10,17H,7-9H2,1-3H3. The first kappa shape index (κ1) is 15.8. The van der Waals surface area contributed by atoms with Gasteiger partial charge in [-0.3, -0.25) is 0 Å². The van der Waals surface area contributed by atoms with Gasteiger partial charge in [-0.05, 0) is 30.7 Å². The van der Waals surface area contributed by atoms with Crippen LogP contribution in [-0.4, -0.2) is 16.7 Å². The molecule has 114 valence electrons. The number of halogens is 1. The van der Waals surface area contributed by atoms with Crippen molar-refractivity contribution in [1.82, 2.24) is 15.5 Å². The van der Waals surface area contributed by atoms with Gasteiger partial charge in [0, 0.05) is 24.1 Å². The van der Waals surface area contributed by atoms with E-state index in [4.69, 9.17) is 20.9 Å². The van der Waals surface area contributed by atoms with Crippen molar-refractivity contribution < 1.29 is 9.26 Å². The van der Waals surface area contributed by atoms with Crippen LogP contribution in [0.3, 0.4) is 0 Å². The second kappa shape index (κ2) is 7.43. The Morgan fingerprint density at radius 2 is 2.19 bits per heavy atom. The maximum Gasteiger partial charge on any atom is 0.223 e. The first-order valence-corrected chi connectivity index (χ1v) is 7.33. The fourth-order valence-electron chi connectivity index (χ4n) is 1.86. The van der Waals surface area contributed by atoms with Gasteiger partial charge < -0.3 is 14.6 Å². The van der Waals surface area contributed by atoms with Crippen molar-refractivity contribution in [3.63, 3.8) is 0 Å². The SMILES string of the molecule is Cc1nc(COc2ccc(Cl)cc2CNCC(C)C)no1. The molecule has 5 nitrogen and oxygen atoms in total. The van der Waals surface area contributed by atoms with Gasteiger partial charge in [0.1, 0.15) is 5.75 Å². The van der Waals surface area contributed by atoms with Gasteiger partial charge in [0.15, 0.2) is 6.61 Å². The summed E-state index contributed by atoms with van der Waals surface area (Å²) in [7, 11) is 0. The molecule has 1 N–H and O–H groups in total. The van der Waals surface area contributed by atoms with E-state index in [2.05, 4.69) is 29.3 Å². The first-order valence-electron chi connectivity index (χ1n) is 6.95. The average Bonchev–Trinajstić information content (AvgIpc) is 2.83. The van der Waals surface area contributed by atoms with E-state index in [9.17, 15) is 0 Å². The number of aromatic nitrogens is 2. The number of aryl methyl sites for hydroxylation is 1. The lowest BCUT2D eigenvalue weighted by Gasteiger charge is -2.12. The molecule has 0 radical (unpaired) electrons. The largest absolute Gasteiger partial charge is 0.485 e. The van der Waals surface area contributed by atoms with Crippen LogP contribution < -0.4 is 10.1 Å². The molecule has 1 aromatic heterocycles. The molecule has 0 saturated heterocycles. The molecule has 0 bridgehead atoms. The lowest BCUT2D eigenvalue weighted by molar-refractivity contribution is 0.282. The lowest BCUT2D eigenvalue weighted by atomic mass is 10.2. The molecule has 0 aliphatic rings. The summed E-state index contributed by atoms with van der Waals surface area (Å²) in [6.07, 6.45) is 0. The minimum atomic E-state index is 0.274. The molecule has 2 rings (SSSR count). The Hall–Kier alpha value is -1.59. The van der Waals surface area contributed by atoms with E-state index in [0.717, 1.165) is 17.9 Å². The van der Waals surface area contributed by atoms with E-state index in [1.807, 2.05) is 18.2 Å². The quantitative estimate of drug-likeness (QED) is 0.850. The zero-order chi connectivity index (χ0) is 15.2. The molecule has 0 unspecified atom stereocenters. The molecule has 6 heteroatoms. The van der Waals surface area contributed by atoms with Crippen LogP contribution >= 0.6 is 11.6 Å². The molecule has 0 saturated carbocycles. The third kappa shape index (κ3) is 5.02. The molecule has 1 aromatic carbocycles. The van der Waals surface area contributed by atoms with Gasteiger partial charge in [-0.1, -0.05) is 30.6 Å². The number of benzene rings is 1. The highest BCUT2D eigenvalue weighted by Crippen LogP contribution is 2.23. The first-order chi connectivity index (χ1) is 10.0. The van der Waals surface area contributed by atoms with Gasteiger partial charge in [0.2, 0.25) is 11.7 Å². The molecule has 0 fully saturated rings. The van der Waals surface area contributed by atoms with Gasteiger partial charge in [0.25, 0.3) is 0 Å². The van der Waals surface area contributed by atoms with Gasteiger partial charge >= 0.3 is 0 Å². The number of ether oxygens (including phenoxy) is 1. The third-order valence-electron chi connectivity index (χ3n) is 2.82. The van der Waals surface area contributed by atoms with Crippen molar-refractivity contribution in [2.24, 2.45) is 5.92 Å². The van der Waals surface area contributed by atoms with E-state index in [0.29, 0.717) is 29.2 Å². The summed E-state index contributed by atoms with van der Waals surface area (Å²) in [5.74, 6) is 2.43. The number of nitrogens with zero attached hydrogens (tertiary/aromatic N) is 2. The Kier molecular flexibility index (Phi) is 5.59. The second-order valence-electron chi connectivity index (χ2n) is 5.30. The van der Waals surface area contributed by atoms with Crippen LogP contribution in [0.2, 0.25) is 5.02 Å². The van der Waals surface area contributed by atoms with Crippen LogP contribution in [0.5, 0.6) is 5.75 Å². The zero-order valence-corrected chi connectivity index (χ0v) is 13.3. The van der Waals surface area contributed by atoms with Crippen LogP contribution in [0.1, 0.15) is 31.1 Å². The van der Waals surface area contributed by atoms with Crippen LogP contribution in [-0.2, 0) is 13.2 Å². The van der Waals surface area contributed by atoms with E-state index in [1.54, 1.807) is 6.92 Å². The van der Waals surface area contributed by atoms with E-state index < -0.39 is 0 Å². The summed E-state index contributed by atoms with van der Waals surface area (Å²) in [6, 6.07) is 5.58. The summed E-state index contributed by atoms with van der Waals surface area (Å²) in [5.41, 5.74) is 1.02. The fourth-order valence-corrected chi connectivity index (χ4v) is 2.06. The van der Waals surface area contributed by atoms with Gasteiger partial charge in [-0.15, -0.1) is 0 Å². The van der Waals surface area contributed by atoms with Crippen LogP contribution in [0.25, 0.3) is 0 Å². The lowest BCUT2D eigenvalue weighted by Crippen LogP contribution is -2.19. The molecule has 2 aromatic rings. The van der Waals surface area contributed by atoms with Crippen molar-refractivity contribution in [2.45, 2.75) is 33.9 Å². The molecular formula is C15H20ClN3O2. The Morgan fingerprint density at radius 3 is 2.86 bits per heavy atom. The van der Waals surface area contributed by atoms with E-state index in [1.165, 1.54) is 0 Å². The maximum absolute atomic E-state index is 6.06. The highest BCUT2D eigenvalue weighted by molar-refractivity contribution is 6.30. The third-order valence-corrected chi connectivity index (χ3v) is 3.05. The summed E-state index contributed by atoms with van der Waals surface area (Å²) >= 11 is 6.06. The maximum atomic E-state index is 6.06. The summed E-state index contributed by atoms with van der Waals surface area (Å²) in [6.45, 7) is 8.01. The average molecular weight is 310 g/mol. The number of hydrogen-bond acceptors (Lipinski definition) is 5. The molecule has 21 heavy (non-hydrogen) atoms. The predicted octanol–water partition coefficient (Wildman–Crippen LogP) is 3.36. The molecule has 0 atom stereocenters. The van der Waals surface area contributed by atoms with Crippen molar-refractivity contribution in [3.8, 4) is 5.75 Å². The zero-order valence-electron chi connectivity index (χ0n) is 12.5. The smallest absolute Gasteiger partial charge is 0.223 e. The molecular weight excluding hydrogens is 290 g/mol. The second-order valence-corrected chi connectivity index (χ2v) is 5.73. The number of nitrogens with one attached hydrogen (secondary N) is 1. The van der Waals surface area contributed by atoms with Crippen molar-refractivity contribution in [2.75, 3.05) is 6.54 Å². The summed E-state index contributed by atoms with van der Waals surface area (Å²) < 4.78 is 10.7. The van der Waals surface area contributed by atoms with Crippen LogP contribution in [0.4, 0.5) is 0 Å². The monoisotopic (exact) mass is 309 g/mol. The van der Waals surface area contributed by atoms with E-state index in [-0.39, 0.29) is 6.61 Å². The predicted molar refractivity (Wildman–Crippen MR) is 81.4 cm³/mol. The molecule has 1 heterocycles. The molecule has 0 amide bonds. The van der Waals surface area contributed by atoms with Crippen molar-refractivity contribution in [1.29, 1.82) is 0 Å². The Labute approximate surface area is 129 Å². The van der Waals surface area contributed by atoms with Crippen LogP contribution in [0.15, 0.2) is 22.7 Å². The van der Waals surface area contributed by atoms with Gasteiger partial charge in [-0.2, -0.15) is 4.98 Å². The Morgan fingerprint density at radius 1 is 1.38 bits per heavy atom. The minimum absolute atomic E-state index is 0.274. The molecule has 0 aliphatic heterocycles. The van der Waals surface area contributed by atoms with E-state index >= 15 is 0 Å². The summed E-state index contributed by atoms with van der Waals surface area (Å²) in [5, 5.41) is 7.89. The topological polar surface area (TPSA) is 60.2 Å². The fraction of sp³-hybridized carbons (Fsp3) is 0.467. The number of hydrogen-bond donors (Lipinski definition) is 1. The Bertz CT molecular complexity index is 584. The molecule has 0 spiro atoms. The highest BCUT2D eigenvalue weighted by atomic mass is 35.5. The van der Waals surface area contributed by atoms with Gasteiger partial charge in [-0.25, -0.2) is 0 Å². The van der Waals surface area contributed by atoms with Crippen molar-refractivity contribution in [3.05, 3.63) is 40.5 Å². The molecule has 0 aliphatic carbocycles. The number of rotatable bonds is 7.